The van der Waals surface area contributed by atoms with E-state index in [4.69, 9.17) is 4.74 Å². The van der Waals surface area contributed by atoms with Gasteiger partial charge in [0.2, 0.25) is 0 Å². The van der Waals surface area contributed by atoms with Crippen molar-refractivity contribution >= 4 is 5.82 Å². The number of methoxy groups -OCH3 is 1. The van der Waals surface area contributed by atoms with Crippen molar-refractivity contribution < 1.29 is 4.74 Å². The van der Waals surface area contributed by atoms with E-state index in [9.17, 15) is 0 Å². The summed E-state index contributed by atoms with van der Waals surface area (Å²) < 4.78 is 5.02. The van der Waals surface area contributed by atoms with Gasteiger partial charge in [-0.15, -0.1) is 0 Å². The SMILES string of the molecule is [CH2-]N1CCc2c(ccnc2NCCOC)C1. The third-order valence-electron chi connectivity index (χ3n) is 2.82. The zero-order valence-corrected chi connectivity index (χ0v) is 9.70. The third-order valence-corrected chi connectivity index (χ3v) is 2.82. The van der Waals surface area contributed by atoms with Crippen molar-refractivity contribution in [1.29, 1.82) is 0 Å². The van der Waals surface area contributed by atoms with Crippen LogP contribution in [0.4, 0.5) is 5.82 Å². The molecule has 0 amide bonds. The van der Waals surface area contributed by atoms with Gasteiger partial charge in [0.15, 0.2) is 0 Å². The second-order valence-electron chi connectivity index (χ2n) is 4.02. The van der Waals surface area contributed by atoms with Crippen LogP contribution >= 0.6 is 0 Å². The molecule has 2 rings (SSSR count). The molecule has 0 aromatic carbocycles. The Morgan fingerprint density at radius 3 is 3.31 bits per heavy atom. The van der Waals surface area contributed by atoms with Gasteiger partial charge in [0.1, 0.15) is 5.82 Å². The topological polar surface area (TPSA) is 37.4 Å². The molecule has 88 valence electrons. The number of fused-ring (bicyclic) bond motifs is 1. The molecule has 0 radical (unpaired) electrons. The van der Waals surface area contributed by atoms with Gasteiger partial charge in [0.05, 0.1) is 6.61 Å². The van der Waals surface area contributed by atoms with Crippen molar-refractivity contribution in [1.82, 2.24) is 9.88 Å². The number of pyridine rings is 1. The monoisotopic (exact) mass is 220 g/mol. The fourth-order valence-corrected chi connectivity index (χ4v) is 1.97. The summed E-state index contributed by atoms with van der Waals surface area (Å²) in [6.45, 7) is 3.41. The molecule has 0 spiro atoms. The molecular weight excluding hydrogens is 202 g/mol. The van der Waals surface area contributed by atoms with Crippen LogP contribution < -0.4 is 5.32 Å². The first kappa shape index (κ1) is 11.4. The number of aromatic nitrogens is 1. The average molecular weight is 220 g/mol. The fourth-order valence-electron chi connectivity index (χ4n) is 1.97. The predicted molar refractivity (Wildman–Crippen MR) is 64.1 cm³/mol. The summed E-state index contributed by atoms with van der Waals surface area (Å²) in [5.41, 5.74) is 2.66. The first-order valence-corrected chi connectivity index (χ1v) is 5.56. The van der Waals surface area contributed by atoms with Crippen LogP contribution in [0, 0.1) is 7.05 Å². The lowest BCUT2D eigenvalue weighted by Gasteiger charge is -2.32. The molecule has 1 aromatic heterocycles. The highest BCUT2D eigenvalue weighted by atomic mass is 16.5. The zero-order valence-electron chi connectivity index (χ0n) is 9.70. The minimum Gasteiger partial charge on any atom is -0.455 e. The summed E-state index contributed by atoms with van der Waals surface area (Å²) in [6, 6.07) is 2.08. The number of ether oxygens (including phenoxy) is 1. The van der Waals surface area contributed by atoms with Gasteiger partial charge < -0.3 is 15.0 Å². The maximum absolute atomic E-state index is 5.02. The molecule has 0 saturated carbocycles. The maximum atomic E-state index is 5.02. The molecular formula is C12H18N3O-. The average Bonchev–Trinajstić information content (AvgIpc) is 2.29. The van der Waals surface area contributed by atoms with E-state index in [1.54, 1.807) is 7.11 Å². The highest BCUT2D eigenvalue weighted by Gasteiger charge is 2.14. The van der Waals surface area contributed by atoms with Crippen molar-refractivity contribution in [3.05, 3.63) is 30.4 Å². The maximum Gasteiger partial charge on any atom is 0.129 e. The number of anilines is 1. The highest BCUT2D eigenvalue weighted by Crippen LogP contribution is 2.23. The molecule has 1 aliphatic rings. The number of nitrogens with one attached hydrogen (secondary N) is 1. The number of hydrogen-bond acceptors (Lipinski definition) is 4. The minimum absolute atomic E-state index is 0.701. The standard InChI is InChI=1S/C12H18N3O/c1-15-7-4-11-10(9-15)3-5-13-12(11)14-6-8-16-2/h3,5H,1,4,6-9H2,2H3,(H,13,14)/q-1. The van der Waals surface area contributed by atoms with Crippen LogP contribution in [0.25, 0.3) is 0 Å². The molecule has 0 bridgehead atoms. The predicted octanol–water partition coefficient (Wildman–Crippen LogP) is 1.29. The van der Waals surface area contributed by atoms with Crippen LogP contribution in [0.15, 0.2) is 12.3 Å². The molecule has 1 aromatic rings. The van der Waals surface area contributed by atoms with E-state index in [1.165, 1.54) is 11.1 Å². The first-order chi connectivity index (χ1) is 7.81. The smallest absolute Gasteiger partial charge is 0.129 e. The van der Waals surface area contributed by atoms with Crippen LogP contribution in [0.3, 0.4) is 0 Å². The number of rotatable bonds is 4. The molecule has 4 heteroatoms. The Labute approximate surface area is 96.6 Å². The molecule has 4 nitrogen and oxygen atoms in total. The van der Waals surface area contributed by atoms with E-state index in [0.29, 0.717) is 6.61 Å². The Morgan fingerprint density at radius 1 is 1.62 bits per heavy atom. The Morgan fingerprint density at radius 2 is 2.50 bits per heavy atom. The summed E-state index contributed by atoms with van der Waals surface area (Å²) in [6.07, 6.45) is 2.87. The van der Waals surface area contributed by atoms with Gasteiger partial charge in [-0.3, -0.25) is 7.05 Å². The van der Waals surface area contributed by atoms with Crippen molar-refractivity contribution in [3.63, 3.8) is 0 Å². The summed E-state index contributed by atoms with van der Waals surface area (Å²) in [7, 11) is 5.68. The summed E-state index contributed by atoms with van der Waals surface area (Å²) in [4.78, 5) is 6.47. The van der Waals surface area contributed by atoms with E-state index < -0.39 is 0 Å². The highest BCUT2D eigenvalue weighted by molar-refractivity contribution is 5.49. The molecule has 1 N–H and O–H groups in total. The van der Waals surface area contributed by atoms with Crippen molar-refractivity contribution in [2.24, 2.45) is 0 Å². The van der Waals surface area contributed by atoms with E-state index in [2.05, 4.69) is 28.3 Å². The van der Waals surface area contributed by atoms with Gasteiger partial charge >= 0.3 is 0 Å². The lowest BCUT2D eigenvalue weighted by molar-refractivity contribution is 0.210. The first-order valence-electron chi connectivity index (χ1n) is 5.56. The van der Waals surface area contributed by atoms with Crippen molar-refractivity contribution in [2.45, 2.75) is 13.0 Å². The Balaban J connectivity index is 2.10. The zero-order chi connectivity index (χ0) is 11.4. The lowest BCUT2D eigenvalue weighted by Crippen LogP contribution is -2.26. The fraction of sp³-hybridized carbons (Fsp3) is 0.500. The third kappa shape index (κ3) is 2.51. The Kier molecular flexibility index (Phi) is 3.74. The summed E-state index contributed by atoms with van der Waals surface area (Å²) >= 11 is 0. The minimum atomic E-state index is 0.701. The van der Waals surface area contributed by atoms with Gasteiger partial charge in [0.25, 0.3) is 0 Å². The van der Waals surface area contributed by atoms with Gasteiger partial charge in [0, 0.05) is 25.4 Å². The summed E-state index contributed by atoms with van der Waals surface area (Å²) in [5.74, 6) is 1.00. The van der Waals surface area contributed by atoms with E-state index in [-0.39, 0.29) is 0 Å². The number of hydrogen-bond donors (Lipinski definition) is 1. The molecule has 16 heavy (non-hydrogen) atoms. The molecule has 0 unspecified atom stereocenters. The quantitative estimate of drug-likeness (QED) is 0.613. The van der Waals surface area contributed by atoms with Crippen LogP contribution in [0.1, 0.15) is 11.1 Å². The van der Waals surface area contributed by atoms with Crippen LogP contribution in [0.5, 0.6) is 0 Å². The van der Waals surface area contributed by atoms with Gasteiger partial charge in [-0.2, -0.15) is 0 Å². The van der Waals surface area contributed by atoms with Crippen molar-refractivity contribution in [2.75, 3.05) is 32.1 Å². The largest absolute Gasteiger partial charge is 0.455 e. The van der Waals surface area contributed by atoms with E-state index >= 15 is 0 Å². The molecule has 2 heterocycles. The second-order valence-corrected chi connectivity index (χ2v) is 4.02. The van der Waals surface area contributed by atoms with Crippen LogP contribution in [-0.4, -0.2) is 36.7 Å². The molecule has 0 fully saturated rings. The normalized spacial score (nSPS) is 15.9. The second kappa shape index (κ2) is 5.27. The summed E-state index contributed by atoms with van der Waals surface area (Å²) in [5, 5.41) is 3.31. The lowest BCUT2D eigenvalue weighted by atomic mass is 10.0. The molecule has 0 aliphatic carbocycles. The van der Waals surface area contributed by atoms with Gasteiger partial charge in [-0.25, -0.2) is 4.98 Å². The van der Waals surface area contributed by atoms with Crippen molar-refractivity contribution in [3.8, 4) is 0 Å². The Bertz CT molecular complexity index is 354. The number of nitrogens with zero attached hydrogens (tertiary/aromatic N) is 2. The molecule has 0 saturated heterocycles. The van der Waals surface area contributed by atoms with Crippen LogP contribution in [0.2, 0.25) is 0 Å². The van der Waals surface area contributed by atoms with E-state index in [1.807, 2.05) is 6.20 Å². The van der Waals surface area contributed by atoms with E-state index in [0.717, 1.165) is 31.9 Å². The van der Waals surface area contributed by atoms with Gasteiger partial charge in [-0.1, -0.05) is 0 Å². The molecule has 0 atom stereocenters. The Hall–Kier alpha value is -1.13. The van der Waals surface area contributed by atoms with Gasteiger partial charge in [-0.05, 0) is 31.1 Å². The molecule has 1 aliphatic heterocycles. The van der Waals surface area contributed by atoms with Crippen LogP contribution in [-0.2, 0) is 17.7 Å².